The summed E-state index contributed by atoms with van der Waals surface area (Å²) in [6.07, 6.45) is 0. The molecule has 4 rings (SSSR count). The first-order valence-electron chi connectivity index (χ1n) is 11.4. The van der Waals surface area contributed by atoms with E-state index in [1.165, 1.54) is 5.56 Å². The quantitative estimate of drug-likeness (QED) is 0.480. The highest BCUT2D eigenvalue weighted by Gasteiger charge is 2.23. The Hall–Kier alpha value is -2.68. The van der Waals surface area contributed by atoms with Crippen LogP contribution >= 0.6 is 23.1 Å². The molecule has 0 unspecified atom stereocenters. The van der Waals surface area contributed by atoms with Crippen molar-refractivity contribution in [3.8, 4) is 0 Å². The highest BCUT2D eigenvalue weighted by atomic mass is 32.2. The fraction of sp³-hybridized carbons (Fsp3) is 0.346. The van der Waals surface area contributed by atoms with Gasteiger partial charge >= 0.3 is 0 Å². The number of hydrogen-bond acceptors (Lipinski definition) is 6. The Balaban J connectivity index is 1.23. The van der Waals surface area contributed by atoms with Gasteiger partial charge in [0, 0.05) is 54.3 Å². The summed E-state index contributed by atoms with van der Waals surface area (Å²) in [5, 5.41) is 5.08. The van der Waals surface area contributed by atoms with E-state index in [2.05, 4.69) is 20.6 Å². The van der Waals surface area contributed by atoms with Gasteiger partial charge in [-0.3, -0.25) is 14.5 Å². The lowest BCUT2D eigenvalue weighted by Gasteiger charge is -2.34. The van der Waals surface area contributed by atoms with Crippen molar-refractivity contribution in [2.45, 2.75) is 30.9 Å². The maximum absolute atomic E-state index is 12.9. The van der Waals surface area contributed by atoms with Gasteiger partial charge in [0.05, 0.1) is 6.54 Å². The van der Waals surface area contributed by atoms with E-state index >= 15 is 0 Å². The van der Waals surface area contributed by atoms with Crippen LogP contribution in [-0.2, 0) is 10.5 Å². The lowest BCUT2D eigenvalue weighted by Crippen LogP contribution is -2.50. The summed E-state index contributed by atoms with van der Waals surface area (Å²) in [6, 6.07) is 13.8. The Kier molecular flexibility index (Phi) is 8.03. The molecule has 34 heavy (non-hydrogen) atoms. The summed E-state index contributed by atoms with van der Waals surface area (Å²) in [7, 11) is 0. The zero-order valence-electron chi connectivity index (χ0n) is 19.8. The highest BCUT2D eigenvalue weighted by molar-refractivity contribution is 8.00. The van der Waals surface area contributed by atoms with Crippen molar-refractivity contribution >= 4 is 40.6 Å². The molecule has 0 aliphatic carbocycles. The molecule has 2 aromatic carbocycles. The first kappa shape index (κ1) is 24.4. The number of carbonyl (C=O) groups excluding carboxylic acids is 2. The molecular weight excluding hydrogens is 464 g/mol. The summed E-state index contributed by atoms with van der Waals surface area (Å²) in [6.45, 7) is 9.01. The highest BCUT2D eigenvalue weighted by Crippen LogP contribution is 2.26. The number of nitrogens with one attached hydrogen (secondary N) is 1. The third kappa shape index (κ3) is 6.25. The lowest BCUT2D eigenvalue weighted by molar-refractivity contribution is -0.117. The van der Waals surface area contributed by atoms with E-state index in [-0.39, 0.29) is 11.8 Å². The van der Waals surface area contributed by atoms with Gasteiger partial charge in [-0.25, -0.2) is 4.98 Å². The van der Waals surface area contributed by atoms with Crippen LogP contribution in [0.3, 0.4) is 0 Å². The average molecular weight is 495 g/mol. The largest absolute Gasteiger partial charge is 0.336 e. The van der Waals surface area contributed by atoms with Gasteiger partial charge in [-0.2, -0.15) is 0 Å². The molecule has 1 saturated heterocycles. The van der Waals surface area contributed by atoms with E-state index in [0.717, 1.165) is 32.6 Å². The maximum Gasteiger partial charge on any atom is 0.253 e. The SMILES string of the molecule is Cc1csc(SCc2ccc(C(=O)N3CCN(CC(=O)Nc4cccc(C)c4C)CC3)cc2)n1. The predicted molar refractivity (Wildman–Crippen MR) is 140 cm³/mol. The molecule has 1 fully saturated rings. The van der Waals surface area contributed by atoms with Gasteiger partial charge in [-0.05, 0) is 55.7 Å². The number of amides is 2. The second kappa shape index (κ2) is 11.2. The van der Waals surface area contributed by atoms with Gasteiger partial charge in [0.15, 0.2) is 0 Å². The van der Waals surface area contributed by atoms with Crippen LogP contribution in [0.1, 0.15) is 32.7 Å². The summed E-state index contributed by atoms with van der Waals surface area (Å²) < 4.78 is 1.07. The van der Waals surface area contributed by atoms with Crippen LogP contribution in [-0.4, -0.2) is 59.3 Å². The number of benzene rings is 2. The third-order valence-corrected chi connectivity index (χ3v) is 8.28. The summed E-state index contributed by atoms with van der Waals surface area (Å²) in [4.78, 5) is 33.9. The van der Waals surface area contributed by atoms with Crippen molar-refractivity contribution in [3.05, 3.63) is 75.8 Å². The van der Waals surface area contributed by atoms with E-state index < -0.39 is 0 Å². The molecule has 2 amide bonds. The van der Waals surface area contributed by atoms with E-state index in [9.17, 15) is 9.59 Å². The summed E-state index contributed by atoms with van der Waals surface area (Å²) in [5.74, 6) is 0.869. The Morgan fingerprint density at radius 1 is 1.03 bits per heavy atom. The zero-order valence-corrected chi connectivity index (χ0v) is 21.5. The molecule has 0 spiro atoms. The number of piperazine rings is 1. The predicted octanol–water partition coefficient (Wildman–Crippen LogP) is 4.76. The van der Waals surface area contributed by atoms with Gasteiger partial charge in [-0.15, -0.1) is 11.3 Å². The fourth-order valence-corrected chi connectivity index (χ4v) is 5.66. The zero-order chi connectivity index (χ0) is 24.1. The topological polar surface area (TPSA) is 65.5 Å². The molecule has 178 valence electrons. The van der Waals surface area contributed by atoms with Crippen molar-refractivity contribution in [1.82, 2.24) is 14.8 Å². The number of rotatable bonds is 7. The molecule has 1 aromatic heterocycles. The maximum atomic E-state index is 12.9. The van der Waals surface area contributed by atoms with Crippen LogP contribution in [0, 0.1) is 20.8 Å². The van der Waals surface area contributed by atoms with Gasteiger partial charge < -0.3 is 10.2 Å². The standard InChI is InChI=1S/C26H30N4O2S2/c1-18-5-4-6-23(20(18)3)28-24(31)15-29-11-13-30(14-12-29)25(32)22-9-7-21(8-10-22)17-34-26-27-19(2)16-33-26/h4-10,16H,11-15,17H2,1-3H3,(H,28,31). The van der Waals surface area contributed by atoms with Gasteiger partial charge in [0.2, 0.25) is 5.91 Å². The van der Waals surface area contributed by atoms with E-state index in [1.807, 2.05) is 68.1 Å². The monoisotopic (exact) mass is 494 g/mol. The van der Waals surface area contributed by atoms with E-state index in [4.69, 9.17) is 0 Å². The van der Waals surface area contributed by atoms with E-state index in [0.29, 0.717) is 38.3 Å². The lowest BCUT2D eigenvalue weighted by atomic mass is 10.1. The third-order valence-electron chi connectivity index (χ3n) is 6.07. The van der Waals surface area contributed by atoms with Crippen LogP contribution in [0.15, 0.2) is 52.2 Å². The number of anilines is 1. The minimum atomic E-state index is -0.0187. The molecule has 8 heteroatoms. The summed E-state index contributed by atoms with van der Waals surface area (Å²) in [5.41, 5.74) is 6.05. The molecule has 0 radical (unpaired) electrons. The Labute approximate surface area is 209 Å². The molecule has 1 N–H and O–H groups in total. The van der Waals surface area contributed by atoms with Crippen LogP contribution in [0.2, 0.25) is 0 Å². The molecule has 3 aromatic rings. The Morgan fingerprint density at radius 2 is 1.76 bits per heavy atom. The van der Waals surface area contributed by atoms with E-state index in [1.54, 1.807) is 23.1 Å². The van der Waals surface area contributed by atoms with Crippen molar-refractivity contribution in [2.24, 2.45) is 0 Å². The summed E-state index contributed by atoms with van der Waals surface area (Å²) >= 11 is 3.38. The molecule has 2 heterocycles. The minimum absolute atomic E-state index is 0.0187. The van der Waals surface area contributed by atoms with Crippen LogP contribution in [0.4, 0.5) is 5.69 Å². The molecule has 0 atom stereocenters. The molecule has 0 bridgehead atoms. The number of carbonyl (C=O) groups is 2. The first-order chi connectivity index (χ1) is 16.4. The number of thioether (sulfide) groups is 1. The Bertz CT molecular complexity index is 1150. The van der Waals surface area contributed by atoms with Gasteiger partial charge in [0.25, 0.3) is 5.91 Å². The average Bonchev–Trinajstić information content (AvgIpc) is 3.26. The molecule has 1 aliphatic rings. The van der Waals surface area contributed by atoms with Gasteiger partial charge in [0.1, 0.15) is 4.34 Å². The second-order valence-corrected chi connectivity index (χ2v) is 10.7. The smallest absolute Gasteiger partial charge is 0.253 e. The number of aryl methyl sites for hydroxylation is 2. The molecule has 6 nitrogen and oxygen atoms in total. The number of aromatic nitrogens is 1. The van der Waals surface area contributed by atoms with Crippen LogP contribution in [0.25, 0.3) is 0 Å². The molecule has 1 aliphatic heterocycles. The first-order valence-corrected chi connectivity index (χ1v) is 13.3. The number of thiazole rings is 1. The minimum Gasteiger partial charge on any atom is -0.336 e. The molecule has 0 saturated carbocycles. The second-order valence-electron chi connectivity index (χ2n) is 8.60. The van der Waals surface area contributed by atoms with Crippen LogP contribution in [0.5, 0.6) is 0 Å². The number of hydrogen-bond donors (Lipinski definition) is 1. The number of nitrogens with zero attached hydrogens (tertiary/aromatic N) is 3. The fourth-order valence-electron chi connectivity index (χ4n) is 3.86. The van der Waals surface area contributed by atoms with Crippen molar-refractivity contribution in [3.63, 3.8) is 0 Å². The van der Waals surface area contributed by atoms with Crippen molar-refractivity contribution < 1.29 is 9.59 Å². The molecular formula is C26H30N4O2S2. The van der Waals surface area contributed by atoms with Crippen molar-refractivity contribution in [2.75, 3.05) is 38.0 Å². The van der Waals surface area contributed by atoms with Gasteiger partial charge in [-0.1, -0.05) is 36.0 Å². The normalized spacial score (nSPS) is 14.3. The van der Waals surface area contributed by atoms with Crippen molar-refractivity contribution in [1.29, 1.82) is 0 Å². The van der Waals surface area contributed by atoms with Crippen LogP contribution < -0.4 is 5.32 Å². The Morgan fingerprint density at radius 3 is 2.44 bits per heavy atom.